The van der Waals surface area contributed by atoms with E-state index < -0.39 is 45.8 Å². The molecule has 2 saturated heterocycles. The Bertz CT molecular complexity index is 1790. The number of carbonyl (C=O) groups excluding carboxylic acids is 1. The minimum Gasteiger partial charge on any atom is -0.332 e. The minimum atomic E-state index is -3.30. The van der Waals surface area contributed by atoms with Gasteiger partial charge in [0.15, 0.2) is 15.7 Å². The lowest BCUT2D eigenvalue weighted by molar-refractivity contribution is -0.00245. The highest BCUT2D eigenvalue weighted by atomic mass is 32.2. The molecule has 6 rings (SSSR count). The summed E-state index contributed by atoms with van der Waals surface area (Å²) >= 11 is 0. The third-order valence-corrected chi connectivity index (χ3v) is 9.57. The molecule has 0 aliphatic carbocycles. The second kappa shape index (κ2) is 12.0. The molecular formula is C31H30F4N6O3S. The molecule has 0 saturated carbocycles. The number of hydrogen-bond acceptors (Lipinski definition) is 7. The number of nitrogens with zero attached hydrogens (tertiary/aromatic N) is 6. The van der Waals surface area contributed by atoms with Gasteiger partial charge in [-0.2, -0.15) is 5.10 Å². The summed E-state index contributed by atoms with van der Waals surface area (Å²) in [7, 11) is -3.30. The summed E-state index contributed by atoms with van der Waals surface area (Å²) in [5.41, 5.74) is 1.81. The van der Waals surface area contributed by atoms with Gasteiger partial charge in [-0.1, -0.05) is 24.3 Å². The summed E-state index contributed by atoms with van der Waals surface area (Å²) in [6.45, 7) is 0.802. The Morgan fingerprint density at radius 2 is 1.58 bits per heavy atom. The number of piperidine rings is 1. The molecule has 4 heterocycles. The van der Waals surface area contributed by atoms with Crippen molar-refractivity contribution in [3.05, 3.63) is 101 Å². The van der Waals surface area contributed by atoms with Crippen LogP contribution < -0.4 is 0 Å². The van der Waals surface area contributed by atoms with Crippen LogP contribution in [0.15, 0.2) is 72.0 Å². The highest BCUT2D eigenvalue weighted by Gasteiger charge is 2.50. The first-order valence-electron chi connectivity index (χ1n) is 14.4. The Morgan fingerprint density at radius 3 is 2.20 bits per heavy atom. The van der Waals surface area contributed by atoms with Gasteiger partial charge in [-0.15, -0.1) is 0 Å². The van der Waals surface area contributed by atoms with Crippen LogP contribution in [-0.2, 0) is 16.4 Å². The first-order valence-corrected chi connectivity index (χ1v) is 16.3. The van der Waals surface area contributed by atoms with Crippen LogP contribution in [-0.4, -0.2) is 82.2 Å². The number of benzene rings is 2. The highest BCUT2D eigenvalue weighted by Crippen LogP contribution is 2.42. The van der Waals surface area contributed by atoms with Gasteiger partial charge in [0.2, 0.25) is 0 Å². The van der Waals surface area contributed by atoms with Gasteiger partial charge in [-0.25, -0.2) is 40.6 Å². The van der Waals surface area contributed by atoms with Crippen LogP contribution in [0.3, 0.4) is 0 Å². The standard InChI is InChI=1S/C31H30F4N6O3S/c1-45(43,44)25-8-2-20(3-9-25)17-39-12-10-22(11-13-39)28-26(16-38-41(28)30-36-14-24(33)15-37-30)29(42)40-18-27(31(34,35)19-40)21-4-6-23(32)7-5-21/h2-9,14-16,22,27H,10-13,17-19H2,1H3. The smallest absolute Gasteiger partial charge is 0.273 e. The molecule has 4 aromatic rings. The molecule has 1 atom stereocenters. The second-order valence-electron chi connectivity index (χ2n) is 11.6. The molecule has 0 bridgehead atoms. The summed E-state index contributed by atoms with van der Waals surface area (Å²) in [5, 5.41) is 4.35. The Kier molecular flexibility index (Phi) is 8.20. The van der Waals surface area contributed by atoms with E-state index in [1.54, 1.807) is 24.3 Å². The average Bonchev–Trinajstić information content (AvgIpc) is 3.59. The fourth-order valence-corrected chi connectivity index (χ4v) is 6.74. The zero-order chi connectivity index (χ0) is 31.9. The Morgan fingerprint density at radius 1 is 0.933 bits per heavy atom. The third-order valence-electron chi connectivity index (χ3n) is 8.44. The van der Waals surface area contributed by atoms with Crippen molar-refractivity contribution in [1.29, 1.82) is 0 Å². The van der Waals surface area contributed by atoms with Gasteiger partial charge < -0.3 is 4.90 Å². The van der Waals surface area contributed by atoms with Crippen molar-refractivity contribution < 1.29 is 30.8 Å². The van der Waals surface area contributed by atoms with Crippen LogP contribution in [0.25, 0.3) is 5.95 Å². The molecule has 2 aliphatic heterocycles. The number of aromatic nitrogens is 4. The zero-order valence-electron chi connectivity index (χ0n) is 24.3. The molecule has 0 N–H and O–H groups in total. The molecule has 14 heteroatoms. The van der Waals surface area contributed by atoms with E-state index in [-0.39, 0.29) is 34.4 Å². The first kappa shape index (κ1) is 30.8. The molecule has 2 aromatic carbocycles. The predicted molar refractivity (Wildman–Crippen MR) is 156 cm³/mol. The predicted octanol–water partition coefficient (Wildman–Crippen LogP) is 4.60. The fraction of sp³-hybridized carbons (Fsp3) is 0.355. The number of likely N-dealkylation sites (tertiary alicyclic amines) is 2. The highest BCUT2D eigenvalue weighted by molar-refractivity contribution is 7.90. The van der Waals surface area contributed by atoms with Gasteiger partial charge in [0.1, 0.15) is 5.82 Å². The summed E-state index contributed by atoms with van der Waals surface area (Å²) in [6, 6.07) is 11.6. The van der Waals surface area contributed by atoms with Crippen LogP contribution >= 0.6 is 0 Å². The van der Waals surface area contributed by atoms with E-state index >= 15 is 8.78 Å². The number of amides is 1. The summed E-state index contributed by atoms with van der Waals surface area (Å²) in [5.74, 6) is -6.48. The summed E-state index contributed by atoms with van der Waals surface area (Å²) in [6.07, 6.45) is 5.66. The Balaban J connectivity index is 1.24. The second-order valence-corrected chi connectivity index (χ2v) is 13.6. The number of hydrogen-bond donors (Lipinski definition) is 0. The molecule has 2 aliphatic rings. The maximum absolute atomic E-state index is 15.2. The van der Waals surface area contributed by atoms with E-state index in [2.05, 4.69) is 20.0 Å². The van der Waals surface area contributed by atoms with Crippen molar-refractivity contribution in [2.45, 2.75) is 42.0 Å². The lowest BCUT2D eigenvalue weighted by Gasteiger charge is -2.32. The van der Waals surface area contributed by atoms with E-state index in [0.29, 0.717) is 38.2 Å². The summed E-state index contributed by atoms with van der Waals surface area (Å²) < 4.78 is 82.4. The lowest BCUT2D eigenvalue weighted by Crippen LogP contribution is -2.35. The number of carbonyl (C=O) groups is 1. The monoisotopic (exact) mass is 642 g/mol. The lowest BCUT2D eigenvalue weighted by atomic mass is 9.90. The van der Waals surface area contributed by atoms with E-state index in [1.807, 2.05) is 0 Å². The first-order chi connectivity index (χ1) is 21.4. The van der Waals surface area contributed by atoms with Crippen molar-refractivity contribution in [3.63, 3.8) is 0 Å². The quantitative estimate of drug-likeness (QED) is 0.272. The number of halogens is 4. The fourth-order valence-electron chi connectivity index (χ4n) is 6.11. The number of sulfone groups is 1. The van der Waals surface area contributed by atoms with Gasteiger partial charge >= 0.3 is 0 Å². The SMILES string of the molecule is CS(=O)(=O)c1ccc(CN2CCC(c3c(C(=O)N4CC(c5ccc(F)cc5)C(F)(F)C4)cnn3-c3ncc(F)cn3)CC2)cc1. The molecule has 2 aromatic heterocycles. The van der Waals surface area contributed by atoms with E-state index in [0.717, 1.165) is 41.2 Å². The van der Waals surface area contributed by atoms with Gasteiger partial charge in [-0.05, 0) is 61.3 Å². The molecule has 0 spiro atoms. The van der Waals surface area contributed by atoms with Gasteiger partial charge in [0.05, 0.1) is 47.2 Å². The Hall–Kier alpha value is -4.17. The summed E-state index contributed by atoms with van der Waals surface area (Å²) in [4.78, 5) is 25.5. The van der Waals surface area contributed by atoms with Crippen LogP contribution in [0.5, 0.6) is 0 Å². The average molecular weight is 643 g/mol. The van der Waals surface area contributed by atoms with Gasteiger partial charge in [0.25, 0.3) is 17.8 Å². The maximum atomic E-state index is 15.2. The van der Waals surface area contributed by atoms with E-state index in [9.17, 15) is 22.0 Å². The molecule has 2 fully saturated rings. The van der Waals surface area contributed by atoms with Crippen molar-refractivity contribution in [2.24, 2.45) is 0 Å². The van der Waals surface area contributed by atoms with Crippen molar-refractivity contribution >= 4 is 15.7 Å². The molecule has 1 amide bonds. The van der Waals surface area contributed by atoms with Gasteiger partial charge in [0, 0.05) is 25.3 Å². The van der Waals surface area contributed by atoms with Crippen LogP contribution in [0.2, 0.25) is 0 Å². The van der Waals surface area contributed by atoms with E-state index in [4.69, 9.17) is 0 Å². The zero-order valence-corrected chi connectivity index (χ0v) is 25.1. The largest absolute Gasteiger partial charge is 0.332 e. The van der Waals surface area contributed by atoms with Crippen LogP contribution in [0.1, 0.15) is 51.9 Å². The van der Waals surface area contributed by atoms with Crippen molar-refractivity contribution in [3.8, 4) is 5.95 Å². The van der Waals surface area contributed by atoms with E-state index in [1.165, 1.54) is 23.0 Å². The maximum Gasteiger partial charge on any atom is 0.273 e. The van der Waals surface area contributed by atoms with Crippen LogP contribution in [0, 0.1) is 11.6 Å². The van der Waals surface area contributed by atoms with Gasteiger partial charge in [-0.3, -0.25) is 9.69 Å². The minimum absolute atomic E-state index is 0.0507. The molecule has 9 nitrogen and oxygen atoms in total. The van der Waals surface area contributed by atoms with Crippen molar-refractivity contribution in [2.75, 3.05) is 32.4 Å². The molecule has 45 heavy (non-hydrogen) atoms. The van der Waals surface area contributed by atoms with Crippen LogP contribution in [0.4, 0.5) is 17.6 Å². The molecule has 0 radical (unpaired) electrons. The molecular weight excluding hydrogens is 612 g/mol. The molecule has 1 unspecified atom stereocenters. The number of alkyl halides is 2. The normalized spacial score (nSPS) is 19.2. The third kappa shape index (κ3) is 6.47. The number of rotatable bonds is 7. The Labute approximate surface area is 257 Å². The molecule has 236 valence electrons. The topological polar surface area (TPSA) is 101 Å². The van der Waals surface area contributed by atoms with Crippen molar-refractivity contribution in [1.82, 2.24) is 29.5 Å².